The molecular formula is C16H20O4S2. The van der Waals surface area contributed by atoms with E-state index in [1.807, 2.05) is 0 Å². The van der Waals surface area contributed by atoms with Crippen LogP contribution >= 0.6 is 0 Å². The lowest BCUT2D eigenvalue weighted by Gasteiger charge is -2.11. The van der Waals surface area contributed by atoms with Crippen LogP contribution in [0.1, 0.15) is 27.7 Å². The van der Waals surface area contributed by atoms with E-state index >= 15 is 0 Å². The van der Waals surface area contributed by atoms with Crippen LogP contribution in [0.4, 0.5) is 0 Å². The molecular weight excluding hydrogens is 320 g/mol. The molecule has 120 valence electrons. The molecule has 0 aliphatic rings. The first kappa shape index (κ1) is 17.0. The van der Waals surface area contributed by atoms with Gasteiger partial charge in [-0.3, -0.25) is 0 Å². The van der Waals surface area contributed by atoms with E-state index in [-0.39, 0.29) is 9.79 Å². The third-order valence-corrected chi connectivity index (χ3v) is 7.99. The summed E-state index contributed by atoms with van der Waals surface area (Å²) >= 11 is 0. The van der Waals surface area contributed by atoms with Crippen LogP contribution in [0.15, 0.2) is 46.2 Å². The fourth-order valence-corrected chi connectivity index (χ4v) is 4.29. The molecule has 0 saturated heterocycles. The van der Waals surface area contributed by atoms with E-state index in [2.05, 4.69) is 0 Å². The topological polar surface area (TPSA) is 68.3 Å². The van der Waals surface area contributed by atoms with Gasteiger partial charge < -0.3 is 0 Å². The Hall–Kier alpha value is -1.40. The summed E-state index contributed by atoms with van der Waals surface area (Å²) in [5.74, 6) is 0. The molecule has 0 radical (unpaired) electrons. The summed E-state index contributed by atoms with van der Waals surface area (Å²) in [5, 5.41) is 0.435. The molecule has 0 aliphatic carbocycles. The first-order valence-corrected chi connectivity index (χ1v) is 10.2. The van der Waals surface area contributed by atoms with Crippen LogP contribution in [0.25, 0.3) is 10.8 Å². The molecule has 0 aliphatic heterocycles. The maximum absolute atomic E-state index is 12.2. The van der Waals surface area contributed by atoms with Gasteiger partial charge in [-0.1, -0.05) is 12.1 Å². The predicted molar refractivity (Wildman–Crippen MR) is 88.6 cm³/mol. The maximum atomic E-state index is 12.2. The van der Waals surface area contributed by atoms with Gasteiger partial charge in [0.2, 0.25) is 0 Å². The molecule has 0 bridgehead atoms. The van der Waals surface area contributed by atoms with Gasteiger partial charge in [-0.05, 0) is 62.7 Å². The highest BCUT2D eigenvalue weighted by Crippen LogP contribution is 2.26. The molecule has 22 heavy (non-hydrogen) atoms. The van der Waals surface area contributed by atoms with E-state index < -0.39 is 30.2 Å². The third kappa shape index (κ3) is 2.90. The SMILES string of the molecule is CC(C)S(=O)(=O)c1ccc2cc(S(=O)(=O)C(C)C)ccc2c1. The van der Waals surface area contributed by atoms with Gasteiger partial charge >= 0.3 is 0 Å². The lowest BCUT2D eigenvalue weighted by molar-refractivity contribution is 0.586. The summed E-state index contributed by atoms with van der Waals surface area (Å²) in [6.45, 7) is 6.55. The molecule has 0 atom stereocenters. The second-order valence-electron chi connectivity index (χ2n) is 5.86. The fraction of sp³-hybridized carbons (Fsp3) is 0.375. The van der Waals surface area contributed by atoms with Gasteiger partial charge in [-0.15, -0.1) is 0 Å². The van der Waals surface area contributed by atoms with Crippen molar-refractivity contribution in [1.82, 2.24) is 0 Å². The highest BCUT2D eigenvalue weighted by molar-refractivity contribution is 7.92. The van der Waals surface area contributed by atoms with Crippen molar-refractivity contribution in [3.05, 3.63) is 36.4 Å². The van der Waals surface area contributed by atoms with Crippen molar-refractivity contribution in [1.29, 1.82) is 0 Å². The minimum absolute atomic E-state index is 0.259. The molecule has 0 saturated carbocycles. The average molecular weight is 340 g/mol. The van der Waals surface area contributed by atoms with Crippen molar-refractivity contribution in [2.45, 2.75) is 48.0 Å². The van der Waals surface area contributed by atoms with E-state index in [4.69, 9.17) is 0 Å². The Morgan fingerprint density at radius 2 is 0.955 bits per heavy atom. The highest BCUT2D eigenvalue weighted by Gasteiger charge is 2.21. The molecule has 0 N–H and O–H groups in total. The van der Waals surface area contributed by atoms with Gasteiger partial charge in [0.1, 0.15) is 0 Å². The third-order valence-electron chi connectivity index (χ3n) is 3.68. The summed E-state index contributed by atoms with van der Waals surface area (Å²) in [4.78, 5) is 0.518. The normalized spacial score (nSPS) is 13.2. The molecule has 0 amide bonds. The van der Waals surface area contributed by atoms with Crippen LogP contribution in [0.5, 0.6) is 0 Å². The lowest BCUT2D eigenvalue weighted by Crippen LogP contribution is -2.14. The Labute approximate surface area is 132 Å². The zero-order valence-corrected chi connectivity index (χ0v) is 14.7. The first-order valence-electron chi connectivity index (χ1n) is 7.08. The standard InChI is InChI=1S/C16H20O4S2/c1-11(2)21(17,18)15-7-5-14-10-16(8-6-13(14)9-15)22(19,20)12(3)4/h5-12H,1-4H3. The molecule has 6 heteroatoms. The maximum Gasteiger partial charge on any atom is 0.180 e. The van der Waals surface area contributed by atoms with Crippen molar-refractivity contribution >= 4 is 30.4 Å². The van der Waals surface area contributed by atoms with Crippen molar-refractivity contribution in [3.63, 3.8) is 0 Å². The van der Waals surface area contributed by atoms with Crippen molar-refractivity contribution in [3.8, 4) is 0 Å². The number of sulfone groups is 2. The second kappa shape index (κ2) is 5.66. The number of benzene rings is 2. The minimum atomic E-state index is -3.34. The Balaban J connectivity index is 2.60. The summed E-state index contributed by atoms with van der Waals surface area (Å²) in [7, 11) is -6.68. The number of rotatable bonds is 4. The van der Waals surface area contributed by atoms with Crippen molar-refractivity contribution in [2.75, 3.05) is 0 Å². The molecule has 2 rings (SSSR count). The fourth-order valence-electron chi connectivity index (χ4n) is 2.10. The van der Waals surface area contributed by atoms with Gasteiger partial charge in [0.25, 0.3) is 0 Å². The van der Waals surface area contributed by atoms with Crippen LogP contribution in [0.2, 0.25) is 0 Å². The van der Waals surface area contributed by atoms with E-state index in [0.29, 0.717) is 10.8 Å². The largest absolute Gasteiger partial charge is 0.223 e. The number of fused-ring (bicyclic) bond motifs is 1. The zero-order valence-electron chi connectivity index (χ0n) is 13.1. The molecule has 0 heterocycles. The van der Waals surface area contributed by atoms with Crippen molar-refractivity contribution < 1.29 is 16.8 Å². The Kier molecular flexibility index (Phi) is 4.37. The monoisotopic (exact) mass is 340 g/mol. The number of hydrogen-bond donors (Lipinski definition) is 0. The molecule has 0 unspecified atom stereocenters. The molecule has 0 spiro atoms. The van der Waals surface area contributed by atoms with Gasteiger partial charge in [0.15, 0.2) is 19.7 Å². The highest BCUT2D eigenvalue weighted by atomic mass is 32.2. The zero-order chi connectivity index (χ0) is 16.7. The molecule has 2 aromatic carbocycles. The second-order valence-corrected chi connectivity index (χ2v) is 10.9. The van der Waals surface area contributed by atoms with Gasteiger partial charge in [0, 0.05) is 0 Å². The van der Waals surface area contributed by atoms with Crippen LogP contribution in [0, 0.1) is 0 Å². The molecule has 4 nitrogen and oxygen atoms in total. The molecule has 0 fully saturated rings. The van der Waals surface area contributed by atoms with Gasteiger partial charge in [-0.2, -0.15) is 0 Å². The summed E-state index contributed by atoms with van der Waals surface area (Å²) in [6.07, 6.45) is 0. The number of hydrogen-bond acceptors (Lipinski definition) is 4. The van der Waals surface area contributed by atoms with Crippen LogP contribution in [-0.4, -0.2) is 27.3 Å². The van der Waals surface area contributed by atoms with E-state index in [9.17, 15) is 16.8 Å². The predicted octanol–water partition coefficient (Wildman–Crippen LogP) is 3.20. The van der Waals surface area contributed by atoms with E-state index in [1.54, 1.807) is 52.0 Å². The van der Waals surface area contributed by atoms with Crippen molar-refractivity contribution in [2.24, 2.45) is 0 Å². The minimum Gasteiger partial charge on any atom is -0.223 e. The van der Waals surface area contributed by atoms with Crippen LogP contribution in [0.3, 0.4) is 0 Å². The Morgan fingerprint density at radius 3 is 1.23 bits per heavy atom. The van der Waals surface area contributed by atoms with Crippen LogP contribution in [-0.2, 0) is 19.7 Å². The van der Waals surface area contributed by atoms with E-state index in [1.165, 1.54) is 12.1 Å². The smallest absolute Gasteiger partial charge is 0.180 e. The summed E-state index contributed by atoms with van der Waals surface area (Å²) < 4.78 is 48.8. The van der Waals surface area contributed by atoms with Gasteiger partial charge in [-0.25, -0.2) is 16.8 Å². The lowest BCUT2D eigenvalue weighted by atomic mass is 10.1. The Bertz CT molecular complexity index is 831. The quantitative estimate of drug-likeness (QED) is 0.857. The molecule has 0 aromatic heterocycles. The first-order chi connectivity index (χ1) is 10.1. The average Bonchev–Trinajstić information content (AvgIpc) is 2.45. The van der Waals surface area contributed by atoms with E-state index in [0.717, 1.165) is 0 Å². The van der Waals surface area contributed by atoms with Gasteiger partial charge in [0.05, 0.1) is 20.3 Å². The Morgan fingerprint density at radius 1 is 0.636 bits per heavy atom. The summed E-state index contributed by atoms with van der Waals surface area (Å²) in [6, 6.07) is 9.56. The molecule has 2 aromatic rings. The van der Waals surface area contributed by atoms with Crippen LogP contribution < -0.4 is 0 Å². The summed E-state index contributed by atoms with van der Waals surface area (Å²) in [5.41, 5.74) is 0.